The van der Waals surface area contributed by atoms with E-state index in [1.807, 2.05) is 19.1 Å². The Hall–Kier alpha value is -1.30. The molecule has 110 valence electrons. The molecule has 0 amide bonds. The van der Waals surface area contributed by atoms with Crippen LogP contribution >= 0.6 is 39.1 Å². The van der Waals surface area contributed by atoms with Crippen LogP contribution in [0.15, 0.2) is 40.9 Å². The molecule has 7 heteroatoms. The van der Waals surface area contributed by atoms with Crippen molar-refractivity contribution in [3.05, 3.63) is 66.6 Å². The number of nitrogens with zero attached hydrogens (tertiary/aromatic N) is 1. The summed E-state index contributed by atoms with van der Waals surface area (Å²) in [7, 11) is 0. The summed E-state index contributed by atoms with van der Waals surface area (Å²) >= 11 is 15.4. The Balaban J connectivity index is 2.24. The van der Waals surface area contributed by atoms with Crippen LogP contribution in [0.4, 0.5) is 11.4 Å². The average molecular weight is 390 g/mol. The predicted octanol–water partition coefficient (Wildman–Crippen LogP) is 5.84. The van der Waals surface area contributed by atoms with Crippen molar-refractivity contribution in [1.82, 2.24) is 0 Å². The Kier molecular flexibility index (Phi) is 5.08. The second kappa shape index (κ2) is 6.64. The quantitative estimate of drug-likeness (QED) is 0.528. The smallest absolute Gasteiger partial charge is 0.283 e. The summed E-state index contributed by atoms with van der Waals surface area (Å²) in [6, 6.07) is 10.1. The van der Waals surface area contributed by atoms with Gasteiger partial charge < -0.3 is 5.32 Å². The van der Waals surface area contributed by atoms with Gasteiger partial charge in [-0.1, -0.05) is 35.3 Å². The largest absolute Gasteiger partial charge is 0.378 e. The lowest BCUT2D eigenvalue weighted by atomic mass is 10.1. The molecule has 0 bridgehead atoms. The second-order valence-electron chi connectivity index (χ2n) is 4.43. The third-order valence-electron chi connectivity index (χ3n) is 2.98. The molecule has 0 fully saturated rings. The molecular formula is C14H11BrCl2N2O2. The Bertz CT molecular complexity index is 695. The Morgan fingerprint density at radius 3 is 2.62 bits per heavy atom. The van der Waals surface area contributed by atoms with Gasteiger partial charge in [0, 0.05) is 11.8 Å². The number of rotatable bonds is 4. The fourth-order valence-electron chi connectivity index (χ4n) is 1.93. The van der Waals surface area contributed by atoms with Crippen molar-refractivity contribution in [2.45, 2.75) is 13.0 Å². The summed E-state index contributed by atoms with van der Waals surface area (Å²) in [6.45, 7) is 1.94. The molecule has 2 rings (SSSR count). The topological polar surface area (TPSA) is 55.2 Å². The van der Waals surface area contributed by atoms with E-state index in [0.717, 1.165) is 11.3 Å². The van der Waals surface area contributed by atoms with Crippen molar-refractivity contribution in [1.29, 1.82) is 0 Å². The van der Waals surface area contributed by atoms with E-state index in [4.69, 9.17) is 23.2 Å². The van der Waals surface area contributed by atoms with Crippen LogP contribution in [-0.2, 0) is 0 Å². The minimum atomic E-state index is -0.439. The fraction of sp³-hybridized carbons (Fsp3) is 0.143. The number of halogens is 3. The van der Waals surface area contributed by atoms with Crippen molar-refractivity contribution in [3.63, 3.8) is 0 Å². The zero-order valence-electron chi connectivity index (χ0n) is 10.9. The van der Waals surface area contributed by atoms with Crippen LogP contribution in [0, 0.1) is 10.1 Å². The van der Waals surface area contributed by atoms with Crippen molar-refractivity contribution in [2.75, 3.05) is 5.32 Å². The van der Waals surface area contributed by atoms with Crippen LogP contribution in [0.2, 0.25) is 10.0 Å². The number of nitro benzene ring substituents is 1. The molecule has 0 aliphatic rings. The maximum Gasteiger partial charge on any atom is 0.283 e. The van der Waals surface area contributed by atoms with Crippen LogP contribution in [0.25, 0.3) is 0 Å². The molecule has 0 saturated carbocycles. The fourth-order valence-corrected chi connectivity index (χ4v) is 2.92. The highest BCUT2D eigenvalue weighted by Crippen LogP contribution is 2.33. The SMILES string of the molecule is CC(Nc1ccc([N+](=O)[O-])c(Br)c1)c1cccc(Cl)c1Cl. The van der Waals surface area contributed by atoms with Gasteiger partial charge in [-0.05, 0) is 46.6 Å². The number of hydrogen-bond acceptors (Lipinski definition) is 3. The molecule has 2 aromatic carbocycles. The molecule has 1 atom stereocenters. The third kappa shape index (κ3) is 3.67. The maximum absolute atomic E-state index is 10.8. The van der Waals surface area contributed by atoms with Gasteiger partial charge in [0.05, 0.1) is 25.5 Å². The molecule has 0 aliphatic heterocycles. The lowest BCUT2D eigenvalue weighted by Crippen LogP contribution is -2.07. The van der Waals surface area contributed by atoms with E-state index in [1.54, 1.807) is 18.2 Å². The number of benzene rings is 2. The van der Waals surface area contributed by atoms with Gasteiger partial charge in [-0.2, -0.15) is 0 Å². The van der Waals surface area contributed by atoms with E-state index >= 15 is 0 Å². The van der Waals surface area contributed by atoms with Gasteiger partial charge in [0.25, 0.3) is 5.69 Å². The van der Waals surface area contributed by atoms with Crippen molar-refractivity contribution >= 4 is 50.5 Å². The normalized spacial score (nSPS) is 12.0. The second-order valence-corrected chi connectivity index (χ2v) is 6.07. The highest BCUT2D eigenvalue weighted by atomic mass is 79.9. The van der Waals surface area contributed by atoms with Crippen LogP contribution in [-0.4, -0.2) is 4.92 Å². The number of nitro groups is 1. The Labute approximate surface area is 140 Å². The first-order chi connectivity index (χ1) is 9.90. The summed E-state index contributed by atoms with van der Waals surface area (Å²) in [5.41, 5.74) is 1.63. The molecule has 1 N–H and O–H groups in total. The number of anilines is 1. The summed E-state index contributed by atoms with van der Waals surface area (Å²) in [5.74, 6) is 0. The predicted molar refractivity (Wildman–Crippen MR) is 89.3 cm³/mol. The van der Waals surface area contributed by atoms with Gasteiger partial charge in [-0.15, -0.1) is 0 Å². The van der Waals surface area contributed by atoms with E-state index in [9.17, 15) is 10.1 Å². The van der Waals surface area contributed by atoms with Crippen LogP contribution in [0.1, 0.15) is 18.5 Å². The zero-order chi connectivity index (χ0) is 15.6. The number of nitrogens with one attached hydrogen (secondary N) is 1. The molecule has 2 aromatic rings. The summed E-state index contributed by atoms with van der Waals surface area (Å²) in [5, 5.41) is 15.0. The zero-order valence-corrected chi connectivity index (χ0v) is 14.0. The highest BCUT2D eigenvalue weighted by molar-refractivity contribution is 9.10. The van der Waals surface area contributed by atoms with Gasteiger partial charge in [0.15, 0.2) is 0 Å². The molecule has 1 unspecified atom stereocenters. The van der Waals surface area contributed by atoms with E-state index in [1.165, 1.54) is 6.07 Å². The summed E-state index contributed by atoms with van der Waals surface area (Å²) < 4.78 is 0.418. The van der Waals surface area contributed by atoms with Crippen LogP contribution in [0.5, 0.6) is 0 Å². The number of hydrogen-bond donors (Lipinski definition) is 1. The van der Waals surface area contributed by atoms with Gasteiger partial charge in [0.2, 0.25) is 0 Å². The molecule has 21 heavy (non-hydrogen) atoms. The standard InChI is InChI=1S/C14H11BrCl2N2O2/c1-8(10-3-2-4-12(16)14(10)17)18-9-5-6-13(19(20)21)11(15)7-9/h2-8,18H,1H3. The first-order valence-electron chi connectivity index (χ1n) is 6.04. The lowest BCUT2D eigenvalue weighted by molar-refractivity contribution is -0.385. The Morgan fingerprint density at radius 1 is 1.29 bits per heavy atom. The van der Waals surface area contributed by atoms with E-state index in [0.29, 0.717) is 14.5 Å². The van der Waals surface area contributed by atoms with Gasteiger partial charge in [0.1, 0.15) is 0 Å². The first-order valence-corrected chi connectivity index (χ1v) is 7.59. The monoisotopic (exact) mass is 388 g/mol. The molecule has 0 radical (unpaired) electrons. The molecule has 4 nitrogen and oxygen atoms in total. The van der Waals surface area contributed by atoms with Crippen molar-refractivity contribution in [3.8, 4) is 0 Å². The molecule has 0 spiro atoms. The van der Waals surface area contributed by atoms with Gasteiger partial charge in [-0.25, -0.2) is 0 Å². The third-order valence-corrected chi connectivity index (χ3v) is 4.44. The molecule has 0 aromatic heterocycles. The summed E-state index contributed by atoms with van der Waals surface area (Å²) in [6.07, 6.45) is 0. The molecule has 0 aliphatic carbocycles. The van der Waals surface area contributed by atoms with Crippen molar-refractivity contribution in [2.24, 2.45) is 0 Å². The lowest BCUT2D eigenvalue weighted by Gasteiger charge is -2.17. The van der Waals surface area contributed by atoms with E-state index in [-0.39, 0.29) is 11.7 Å². The van der Waals surface area contributed by atoms with Crippen LogP contribution < -0.4 is 5.32 Å². The summed E-state index contributed by atoms with van der Waals surface area (Å²) in [4.78, 5) is 10.3. The minimum Gasteiger partial charge on any atom is -0.378 e. The highest BCUT2D eigenvalue weighted by Gasteiger charge is 2.15. The van der Waals surface area contributed by atoms with Crippen LogP contribution in [0.3, 0.4) is 0 Å². The molecule has 0 heterocycles. The molecule has 0 saturated heterocycles. The van der Waals surface area contributed by atoms with E-state index in [2.05, 4.69) is 21.2 Å². The van der Waals surface area contributed by atoms with E-state index < -0.39 is 4.92 Å². The Morgan fingerprint density at radius 2 is 2.00 bits per heavy atom. The maximum atomic E-state index is 10.8. The average Bonchev–Trinajstić information content (AvgIpc) is 2.41. The first kappa shape index (κ1) is 16.1. The van der Waals surface area contributed by atoms with Crippen molar-refractivity contribution < 1.29 is 4.92 Å². The minimum absolute atomic E-state index is 0.0222. The molecular weight excluding hydrogens is 379 g/mol. The van der Waals surface area contributed by atoms with Gasteiger partial charge >= 0.3 is 0 Å². The van der Waals surface area contributed by atoms with Gasteiger partial charge in [-0.3, -0.25) is 10.1 Å².